The van der Waals surface area contributed by atoms with E-state index in [1.54, 1.807) is 29.2 Å². The van der Waals surface area contributed by atoms with Crippen LogP contribution in [0.15, 0.2) is 24.3 Å². The summed E-state index contributed by atoms with van der Waals surface area (Å²) in [5, 5.41) is 2.96. The van der Waals surface area contributed by atoms with Gasteiger partial charge < -0.3 is 15.0 Å². The molecule has 134 valence electrons. The van der Waals surface area contributed by atoms with Crippen molar-refractivity contribution in [1.29, 1.82) is 0 Å². The Morgan fingerprint density at radius 3 is 2.36 bits per heavy atom. The van der Waals surface area contributed by atoms with Crippen LogP contribution in [0.1, 0.15) is 49.5 Å². The molecule has 1 heterocycles. The van der Waals surface area contributed by atoms with E-state index in [9.17, 15) is 9.59 Å². The van der Waals surface area contributed by atoms with Crippen molar-refractivity contribution in [3.63, 3.8) is 0 Å². The van der Waals surface area contributed by atoms with E-state index in [0.717, 1.165) is 18.4 Å². The van der Waals surface area contributed by atoms with E-state index in [1.165, 1.54) is 0 Å². The highest BCUT2D eigenvalue weighted by Crippen LogP contribution is 2.19. The number of hydrogen-bond donors (Lipinski definition) is 1. The van der Waals surface area contributed by atoms with Gasteiger partial charge in [-0.05, 0) is 63.8 Å². The Morgan fingerprint density at radius 1 is 1.24 bits per heavy atom. The van der Waals surface area contributed by atoms with Gasteiger partial charge in [0.25, 0.3) is 5.91 Å². The summed E-state index contributed by atoms with van der Waals surface area (Å²) < 4.78 is 5.39. The summed E-state index contributed by atoms with van der Waals surface area (Å²) in [6.45, 7) is 7.52. The Kier molecular flexibility index (Phi) is 6.08. The summed E-state index contributed by atoms with van der Waals surface area (Å²) >= 11 is 0. The molecule has 5 heteroatoms. The minimum absolute atomic E-state index is 0.0989. The number of terminal acetylenes is 1. The van der Waals surface area contributed by atoms with Crippen molar-refractivity contribution in [1.82, 2.24) is 10.2 Å². The third-order valence-corrected chi connectivity index (χ3v) is 4.13. The van der Waals surface area contributed by atoms with Gasteiger partial charge in [0, 0.05) is 30.8 Å². The van der Waals surface area contributed by atoms with Crippen LogP contribution in [0.2, 0.25) is 0 Å². The average Bonchev–Trinajstić information content (AvgIpc) is 2.58. The lowest BCUT2D eigenvalue weighted by Gasteiger charge is -2.33. The molecule has 0 atom stereocenters. The normalized spacial score (nSPS) is 15.4. The first-order valence-electron chi connectivity index (χ1n) is 8.61. The van der Waals surface area contributed by atoms with Crippen LogP contribution in [0.4, 0.5) is 4.79 Å². The number of amides is 2. The number of carbonyl (C=O) groups excluding carboxylic acids is 2. The van der Waals surface area contributed by atoms with Crippen LogP contribution in [0.25, 0.3) is 0 Å². The fraction of sp³-hybridized carbons (Fsp3) is 0.500. The Hall–Kier alpha value is -2.48. The molecule has 25 heavy (non-hydrogen) atoms. The lowest BCUT2D eigenvalue weighted by Crippen LogP contribution is -2.43. The molecule has 1 fully saturated rings. The molecule has 0 saturated carbocycles. The predicted octanol–water partition coefficient (Wildman–Crippen LogP) is 3.04. The maximum absolute atomic E-state index is 12.2. The zero-order valence-electron chi connectivity index (χ0n) is 15.2. The largest absolute Gasteiger partial charge is 0.444 e. The van der Waals surface area contributed by atoms with Crippen molar-refractivity contribution in [3.8, 4) is 12.3 Å². The van der Waals surface area contributed by atoms with Crippen molar-refractivity contribution in [2.75, 3.05) is 19.6 Å². The van der Waals surface area contributed by atoms with E-state index in [2.05, 4.69) is 11.2 Å². The van der Waals surface area contributed by atoms with E-state index in [0.29, 0.717) is 31.1 Å². The van der Waals surface area contributed by atoms with E-state index in [4.69, 9.17) is 11.2 Å². The lowest BCUT2D eigenvalue weighted by molar-refractivity contribution is 0.0183. The number of benzene rings is 1. The van der Waals surface area contributed by atoms with E-state index in [1.807, 2.05) is 20.8 Å². The first-order chi connectivity index (χ1) is 11.8. The van der Waals surface area contributed by atoms with Crippen molar-refractivity contribution >= 4 is 12.0 Å². The second-order valence-corrected chi connectivity index (χ2v) is 7.34. The van der Waals surface area contributed by atoms with E-state index < -0.39 is 5.60 Å². The molecule has 0 unspecified atom stereocenters. The van der Waals surface area contributed by atoms with E-state index >= 15 is 0 Å². The maximum Gasteiger partial charge on any atom is 0.410 e. The second-order valence-electron chi connectivity index (χ2n) is 7.34. The molecule has 0 spiro atoms. The number of rotatable bonds is 3. The minimum Gasteiger partial charge on any atom is -0.444 e. The van der Waals surface area contributed by atoms with Gasteiger partial charge in [-0.3, -0.25) is 4.79 Å². The minimum atomic E-state index is -0.475. The first kappa shape index (κ1) is 18.9. The van der Waals surface area contributed by atoms with Gasteiger partial charge in [0.15, 0.2) is 0 Å². The number of hydrogen-bond acceptors (Lipinski definition) is 3. The average molecular weight is 342 g/mol. The standard InChI is InChI=1S/C20H26N2O3/c1-5-15-6-8-17(9-7-15)18(23)21-14-16-10-12-22(13-11-16)19(24)25-20(2,3)4/h1,6-9,16H,10-14H2,2-4H3,(H,21,23). The third-order valence-electron chi connectivity index (χ3n) is 4.13. The molecule has 1 aliphatic heterocycles. The number of nitrogens with one attached hydrogen (secondary N) is 1. The predicted molar refractivity (Wildman–Crippen MR) is 97.2 cm³/mol. The number of likely N-dealkylation sites (tertiary alicyclic amines) is 1. The van der Waals surface area contributed by atoms with Gasteiger partial charge in [-0.25, -0.2) is 4.79 Å². The fourth-order valence-corrected chi connectivity index (χ4v) is 2.70. The number of ether oxygens (including phenoxy) is 1. The van der Waals surface area contributed by atoms with Crippen LogP contribution >= 0.6 is 0 Å². The summed E-state index contributed by atoms with van der Waals surface area (Å²) in [5.74, 6) is 2.80. The van der Waals surface area contributed by atoms with Crippen LogP contribution < -0.4 is 5.32 Å². The summed E-state index contributed by atoms with van der Waals surface area (Å²) in [6.07, 6.45) is 6.76. The van der Waals surface area contributed by atoms with Gasteiger partial charge in [0.2, 0.25) is 0 Å². The van der Waals surface area contributed by atoms with Crippen molar-refractivity contribution < 1.29 is 14.3 Å². The molecule has 1 aliphatic rings. The molecule has 1 aromatic carbocycles. The van der Waals surface area contributed by atoms with Crippen molar-refractivity contribution in [2.45, 2.75) is 39.2 Å². The Morgan fingerprint density at radius 2 is 1.84 bits per heavy atom. The molecule has 5 nitrogen and oxygen atoms in total. The van der Waals surface area contributed by atoms with Crippen LogP contribution in [-0.4, -0.2) is 42.1 Å². The summed E-state index contributed by atoms with van der Waals surface area (Å²) in [6, 6.07) is 6.98. The SMILES string of the molecule is C#Cc1ccc(C(=O)NCC2CCN(C(=O)OC(C)(C)C)CC2)cc1. The zero-order chi connectivity index (χ0) is 18.4. The van der Waals surface area contributed by atoms with Gasteiger partial charge in [-0.2, -0.15) is 0 Å². The molecule has 1 saturated heterocycles. The Labute approximate surface area is 149 Å². The summed E-state index contributed by atoms with van der Waals surface area (Å²) in [5.41, 5.74) is 0.882. The smallest absolute Gasteiger partial charge is 0.410 e. The van der Waals surface area contributed by atoms with Gasteiger partial charge in [-0.1, -0.05) is 5.92 Å². The molecular formula is C20H26N2O3. The highest BCUT2D eigenvalue weighted by Gasteiger charge is 2.26. The molecule has 0 aromatic heterocycles. The lowest BCUT2D eigenvalue weighted by atomic mass is 9.97. The highest BCUT2D eigenvalue weighted by atomic mass is 16.6. The molecule has 1 N–H and O–H groups in total. The summed E-state index contributed by atoms with van der Waals surface area (Å²) in [7, 11) is 0. The van der Waals surface area contributed by atoms with Gasteiger partial charge in [-0.15, -0.1) is 6.42 Å². The van der Waals surface area contributed by atoms with Crippen LogP contribution in [-0.2, 0) is 4.74 Å². The highest BCUT2D eigenvalue weighted by molar-refractivity contribution is 5.94. The van der Waals surface area contributed by atoms with Crippen LogP contribution in [0.3, 0.4) is 0 Å². The van der Waals surface area contributed by atoms with Crippen LogP contribution in [0.5, 0.6) is 0 Å². The molecule has 2 rings (SSSR count). The third kappa shape index (κ3) is 5.82. The molecule has 1 aromatic rings. The summed E-state index contributed by atoms with van der Waals surface area (Å²) in [4.78, 5) is 26.0. The molecule has 0 bridgehead atoms. The second kappa shape index (κ2) is 8.06. The quantitative estimate of drug-likeness (QED) is 0.859. The Balaban J connectivity index is 1.75. The fourth-order valence-electron chi connectivity index (χ4n) is 2.70. The van der Waals surface area contributed by atoms with Gasteiger partial charge in [0.05, 0.1) is 0 Å². The molecule has 0 radical (unpaired) electrons. The number of carbonyl (C=O) groups is 2. The molecule has 0 aliphatic carbocycles. The monoisotopic (exact) mass is 342 g/mol. The van der Waals surface area contributed by atoms with E-state index in [-0.39, 0.29) is 12.0 Å². The van der Waals surface area contributed by atoms with Crippen molar-refractivity contribution in [3.05, 3.63) is 35.4 Å². The van der Waals surface area contributed by atoms with Gasteiger partial charge >= 0.3 is 6.09 Å². The maximum atomic E-state index is 12.2. The molecular weight excluding hydrogens is 316 g/mol. The first-order valence-corrected chi connectivity index (χ1v) is 8.61. The number of piperidine rings is 1. The van der Waals surface area contributed by atoms with Gasteiger partial charge in [0.1, 0.15) is 5.60 Å². The molecule has 2 amide bonds. The van der Waals surface area contributed by atoms with Crippen LogP contribution in [0, 0.1) is 18.3 Å². The topological polar surface area (TPSA) is 58.6 Å². The number of nitrogens with zero attached hydrogens (tertiary/aromatic N) is 1. The Bertz CT molecular complexity index is 645. The van der Waals surface area contributed by atoms with Crippen molar-refractivity contribution in [2.24, 2.45) is 5.92 Å². The zero-order valence-corrected chi connectivity index (χ0v) is 15.2.